The number of nitrogens with zero attached hydrogens (tertiary/aromatic N) is 2. The van der Waals surface area contributed by atoms with Crippen LogP contribution in [0, 0.1) is 13.8 Å². The molecule has 6 nitrogen and oxygen atoms in total. The number of aryl methyl sites for hydroxylation is 2. The molecule has 2 rings (SSSR count). The first-order valence-electron chi connectivity index (χ1n) is 7.94. The molecule has 1 aromatic carbocycles. The van der Waals surface area contributed by atoms with Crippen molar-refractivity contribution in [1.29, 1.82) is 0 Å². The van der Waals surface area contributed by atoms with Crippen molar-refractivity contribution >= 4 is 21.6 Å². The summed E-state index contributed by atoms with van der Waals surface area (Å²) >= 11 is 0. The highest BCUT2D eigenvalue weighted by Crippen LogP contribution is 2.23. The predicted molar refractivity (Wildman–Crippen MR) is 98.8 cm³/mol. The summed E-state index contributed by atoms with van der Waals surface area (Å²) in [6, 6.07) is 9.88. The van der Waals surface area contributed by atoms with E-state index in [1.54, 1.807) is 37.4 Å². The van der Waals surface area contributed by atoms with E-state index in [0.29, 0.717) is 11.4 Å². The maximum Gasteiger partial charge on any atom is 0.243 e. The van der Waals surface area contributed by atoms with Crippen molar-refractivity contribution < 1.29 is 13.2 Å². The predicted octanol–water partition coefficient (Wildman–Crippen LogP) is 2.17. The van der Waals surface area contributed by atoms with E-state index < -0.39 is 16.1 Å². The van der Waals surface area contributed by atoms with Crippen LogP contribution in [0.1, 0.15) is 23.7 Å². The molecule has 0 saturated heterocycles. The van der Waals surface area contributed by atoms with Crippen molar-refractivity contribution in [3.05, 3.63) is 59.4 Å². The highest BCUT2D eigenvalue weighted by Gasteiger charge is 2.29. The SMILES string of the molecule is Cc1ccc(N([C@@H](C)C(=O)NCc2ccccn2)S(C)(=O)=O)cc1C. The first kappa shape index (κ1) is 18.9. The highest BCUT2D eigenvalue weighted by atomic mass is 32.2. The molecule has 0 unspecified atom stereocenters. The summed E-state index contributed by atoms with van der Waals surface area (Å²) in [4.78, 5) is 16.6. The number of nitrogens with one attached hydrogen (secondary N) is 1. The zero-order valence-corrected chi connectivity index (χ0v) is 15.7. The second kappa shape index (κ2) is 7.65. The van der Waals surface area contributed by atoms with E-state index in [4.69, 9.17) is 0 Å². The number of sulfonamides is 1. The number of carbonyl (C=O) groups excluding carboxylic acids is 1. The number of anilines is 1. The van der Waals surface area contributed by atoms with Crippen molar-refractivity contribution in [3.63, 3.8) is 0 Å². The van der Waals surface area contributed by atoms with E-state index in [9.17, 15) is 13.2 Å². The van der Waals surface area contributed by atoms with Gasteiger partial charge in [-0.1, -0.05) is 12.1 Å². The highest BCUT2D eigenvalue weighted by molar-refractivity contribution is 7.92. The van der Waals surface area contributed by atoms with Crippen LogP contribution in [0.25, 0.3) is 0 Å². The van der Waals surface area contributed by atoms with Gasteiger partial charge in [0, 0.05) is 6.20 Å². The maximum atomic E-state index is 12.5. The van der Waals surface area contributed by atoms with Crippen LogP contribution in [-0.2, 0) is 21.4 Å². The fourth-order valence-corrected chi connectivity index (χ4v) is 3.67. The third kappa shape index (κ3) is 4.79. The number of amides is 1. The van der Waals surface area contributed by atoms with Gasteiger partial charge in [-0.2, -0.15) is 0 Å². The van der Waals surface area contributed by atoms with Crippen molar-refractivity contribution in [2.75, 3.05) is 10.6 Å². The Labute approximate surface area is 148 Å². The van der Waals surface area contributed by atoms with Gasteiger partial charge in [0.25, 0.3) is 0 Å². The molecule has 1 heterocycles. The van der Waals surface area contributed by atoms with E-state index in [-0.39, 0.29) is 12.5 Å². The molecule has 0 spiro atoms. The lowest BCUT2D eigenvalue weighted by Crippen LogP contribution is -2.47. The maximum absolute atomic E-state index is 12.5. The van der Waals surface area contributed by atoms with Gasteiger partial charge >= 0.3 is 0 Å². The molecule has 1 aromatic heterocycles. The van der Waals surface area contributed by atoms with Crippen LogP contribution in [0.3, 0.4) is 0 Å². The van der Waals surface area contributed by atoms with Crippen molar-refractivity contribution in [3.8, 4) is 0 Å². The van der Waals surface area contributed by atoms with Crippen molar-refractivity contribution in [2.45, 2.75) is 33.4 Å². The molecule has 2 aromatic rings. The molecule has 134 valence electrons. The normalized spacial score (nSPS) is 12.5. The molecule has 0 saturated carbocycles. The van der Waals surface area contributed by atoms with E-state index in [1.165, 1.54) is 0 Å². The number of hydrogen-bond donors (Lipinski definition) is 1. The minimum absolute atomic E-state index is 0.245. The Hall–Kier alpha value is -2.41. The van der Waals surface area contributed by atoms with Gasteiger partial charge in [0.1, 0.15) is 6.04 Å². The van der Waals surface area contributed by atoms with E-state index in [1.807, 2.05) is 26.0 Å². The Morgan fingerprint density at radius 2 is 1.92 bits per heavy atom. The zero-order chi connectivity index (χ0) is 18.6. The Balaban J connectivity index is 2.22. The summed E-state index contributed by atoms with van der Waals surface area (Å²) < 4.78 is 25.7. The third-order valence-corrected chi connectivity index (χ3v) is 5.25. The first-order chi connectivity index (χ1) is 11.7. The molecule has 7 heteroatoms. The topological polar surface area (TPSA) is 79.4 Å². The fourth-order valence-electron chi connectivity index (χ4n) is 2.50. The van der Waals surface area contributed by atoms with Gasteiger partial charge in [-0.15, -0.1) is 0 Å². The second-order valence-electron chi connectivity index (χ2n) is 6.04. The monoisotopic (exact) mass is 361 g/mol. The van der Waals surface area contributed by atoms with Gasteiger partial charge in [0.05, 0.1) is 24.2 Å². The number of benzene rings is 1. The van der Waals surface area contributed by atoms with Crippen LogP contribution in [0.15, 0.2) is 42.6 Å². The molecule has 0 aliphatic carbocycles. The number of carbonyl (C=O) groups is 1. The average Bonchev–Trinajstić information content (AvgIpc) is 2.55. The Bertz CT molecular complexity index is 851. The van der Waals surface area contributed by atoms with Gasteiger partial charge in [-0.05, 0) is 56.2 Å². The van der Waals surface area contributed by atoms with Gasteiger partial charge in [0.15, 0.2) is 0 Å². The number of rotatable bonds is 6. The first-order valence-corrected chi connectivity index (χ1v) is 9.79. The van der Waals surface area contributed by atoms with Gasteiger partial charge in [-0.3, -0.25) is 14.1 Å². The summed E-state index contributed by atoms with van der Waals surface area (Å²) in [5.41, 5.74) is 3.21. The second-order valence-corrected chi connectivity index (χ2v) is 7.90. The quantitative estimate of drug-likeness (QED) is 0.855. The molecular formula is C18H23N3O3S. The van der Waals surface area contributed by atoms with Crippen LogP contribution in [0.5, 0.6) is 0 Å². The lowest BCUT2D eigenvalue weighted by atomic mass is 10.1. The summed E-state index contributed by atoms with van der Waals surface area (Å²) in [6.07, 6.45) is 2.74. The number of pyridine rings is 1. The lowest BCUT2D eigenvalue weighted by Gasteiger charge is -2.28. The summed E-state index contributed by atoms with van der Waals surface area (Å²) in [7, 11) is -3.62. The molecule has 0 radical (unpaired) electrons. The van der Waals surface area contributed by atoms with Gasteiger partial charge in [0.2, 0.25) is 15.9 Å². The molecule has 0 bridgehead atoms. The minimum atomic E-state index is -3.62. The Morgan fingerprint density at radius 3 is 2.48 bits per heavy atom. The van der Waals surface area contributed by atoms with Gasteiger partial charge in [-0.25, -0.2) is 8.42 Å². The standard InChI is InChI=1S/C18H23N3O3S/c1-13-8-9-17(11-14(13)2)21(25(4,23)24)15(3)18(22)20-12-16-7-5-6-10-19-16/h5-11,15H,12H2,1-4H3,(H,20,22)/t15-/m0/s1. The van der Waals surface area contributed by atoms with Crippen LogP contribution in [-0.4, -0.2) is 31.6 Å². The Kier molecular flexibility index (Phi) is 5.79. The van der Waals surface area contributed by atoms with E-state index in [2.05, 4.69) is 10.3 Å². The largest absolute Gasteiger partial charge is 0.349 e. The van der Waals surface area contributed by atoms with E-state index >= 15 is 0 Å². The van der Waals surface area contributed by atoms with Crippen LogP contribution < -0.4 is 9.62 Å². The molecule has 1 N–H and O–H groups in total. The Morgan fingerprint density at radius 1 is 1.20 bits per heavy atom. The zero-order valence-electron chi connectivity index (χ0n) is 14.9. The molecule has 0 aliphatic heterocycles. The average molecular weight is 361 g/mol. The minimum Gasteiger partial charge on any atom is -0.349 e. The molecule has 0 aliphatic rings. The molecular weight excluding hydrogens is 338 g/mol. The lowest BCUT2D eigenvalue weighted by molar-refractivity contribution is -0.122. The number of aromatic nitrogens is 1. The molecule has 0 fully saturated rings. The molecule has 1 atom stereocenters. The van der Waals surface area contributed by atoms with E-state index in [0.717, 1.165) is 21.7 Å². The van der Waals surface area contributed by atoms with Crippen LogP contribution in [0.4, 0.5) is 5.69 Å². The third-order valence-electron chi connectivity index (χ3n) is 4.00. The summed E-state index contributed by atoms with van der Waals surface area (Å²) in [5, 5.41) is 2.74. The number of hydrogen-bond acceptors (Lipinski definition) is 4. The summed E-state index contributed by atoms with van der Waals surface area (Å²) in [5.74, 6) is -0.380. The molecule has 1 amide bonds. The van der Waals surface area contributed by atoms with Crippen LogP contribution in [0.2, 0.25) is 0 Å². The van der Waals surface area contributed by atoms with Crippen molar-refractivity contribution in [1.82, 2.24) is 10.3 Å². The smallest absolute Gasteiger partial charge is 0.243 e. The fraction of sp³-hybridized carbons (Fsp3) is 0.333. The summed E-state index contributed by atoms with van der Waals surface area (Å²) in [6.45, 7) is 5.68. The van der Waals surface area contributed by atoms with Crippen LogP contribution >= 0.6 is 0 Å². The molecule has 25 heavy (non-hydrogen) atoms. The van der Waals surface area contributed by atoms with Crippen molar-refractivity contribution in [2.24, 2.45) is 0 Å². The van der Waals surface area contributed by atoms with Gasteiger partial charge < -0.3 is 5.32 Å².